The van der Waals surface area contributed by atoms with E-state index in [-0.39, 0.29) is 12.6 Å². The largest absolute Gasteiger partial charge is 0.411 e. The number of ether oxygens (including phenoxy) is 2. The molecule has 0 aliphatic carbocycles. The molecule has 6 heteroatoms. The maximum Gasteiger partial charge on any atom is 0.411 e. The van der Waals surface area contributed by atoms with Crippen molar-refractivity contribution in [3.05, 3.63) is 0 Å². The predicted molar refractivity (Wildman–Crippen MR) is 46.0 cm³/mol. The maximum absolute atomic E-state index is 11.6. The molecule has 86 valence electrons. The fraction of sp³-hybridized carbons (Fsp3) is 1.00. The number of hydrogen-bond donors (Lipinski definition) is 1. The Labute approximate surface area is 81.4 Å². The van der Waals surface area contributed by atoms with Crippen LogP contribution >= 0.6 is 0 Å². The topological polar surface area (TPSA) is 44.5 Å². The highest BCUT2D eigenvalue weighted by atomic mass is 19.4. The minimum Gasteiger partial charge on any atom is -0.385 e. The summed E-state index contributed by atoms with van der Waals surface area (Å²) in [7, 11) is 1.56. The number of methoxy groups -OCH3 is 1. The van der Waals surface area contributed by atoms with Crippen molar-refractivity contribution in [2.75, 3.05) is 26.9 Å². The van der Waals surface area contributed by atoms with E-state index >= 15 is 0 Å². The van der Waals surface area contributed by atoms with Gasteiger partial charge in [0.1, 0.15) is 6.61 Å². The molecular weight excluding hydrogens is 199 g/mol. The van der Waals surface area contributed by atoms with Crippen LogP contribution in [0.25, 0.3) is 0 Å². The van der Waals surface area contributed by atoms with Crippen LogP contribution in [0.1, 0.15) is 12.8 Å². The second kappa shape index (κ2) is 7.03. The fourth-order valence-corrected chi connectivity index (χ4v) is 0.899. The molecule has 0 aromatic carbocycles. The number of hydrogen-bond acceptors (Lipinski definition) is 3. The lowest BCUT2D eigenvalue weighted by Gasteiger charge is -2.12. The van der Waals surface area contributed by atoms with E-state index in [2.05, 4.69) is 4.74 Å². The summed E-state index contributed by atoms with van der Waals surface area (Å²) in [6, 6.07) is -0.354. The van der Waals surface area contributed by atoms with Gasteiger partial charge in [-0.1, -0.05) is 0 Å². The molecule has 0 aromatic rings. The predicted octanol–water partition coefficient (Wildman–Crippen LogP) is 1.32. The first-order valence-corrected chi connectivity index (χ1v) is 4.34. The lowest BCUT2D eigenvalue weighted by atomic mass is 10.2. The molecule has 0 radical (unpaired) electrons. The van der Waals surface area contributed by atoms with Gasteiger partial charge in [-0.3, -0.25) is 0 Å². The summed E-state index contributed by atoms with van der Waals surface area (Å²) >= 11 is 0. The number of alkyl halides is 3. The van der Waals surface area contributed by atoms with Crippen LogP contribution in [-0.2, 0) is 9.47 Å². The molecule has 0 fully saturated rings. The molecule has 2 N–H and O–H groups in total. The van der Waals surface area contributed by atoms with Gasteiger partial charge in [0.15, 0.2) is 0 Å². The molecule has 1 atom stereocenters. The summed E-state index contributed by atoms with van der Waals surface area (Å²) in [5.74, 6) is 0. The maximum atomic E-state index is 11.6. The second-order valence-electron chi connectivity index (χ2n) is 3.03. The van der Waals surface area contributed by atoms with Crippen LogP contribution in [-0.4, -0.2) is 39.1 Å². The van der Waals surface area contributed by atoms with E-state index < -0.39 is 12.8 Å². The SMILES string of the molecule is COCCCC(N)COCC(F)(F)F. The molecule has 0 bridgehead atoms. The Bertz CT molecular complexity index is 141. The number of nitrogens with two attached hydrogens (primary N) is 1. The van der Waals surface area contributed by atoms with E-state index in [4.69, 9.17) is 10.5 Å². The van der Waals surface area contributed by atoms with Crippen molar-refractivity contribution in [3.8, 4) is 0 Å². The molecule has 0 spiro atoms. The molecule has 0 saturated heterocycles. The van der Waals surface area contributed by atoms with Crippen molar-refractivity contribution in [2.45, 2.75) is 25.1 Å². The van der Waals surface area contributed by atoms with E-state index in [1.165, 1.54) is 0 Å². The smallest absolute Gasteiger partial charge is 0.385 e. The molecule has 0 aliphatic heterocycles. The Balaban J connectivity index is 3.31. The zero-order valence-electron chi connectivity index (χ0n) is 8.14. The zero-order valence-corrected chi connectivity index (χ0v) is 8.14. The van der Waals surface area contributed by atoms with E-state index in [0.717, 1.165) is 6.42 Å². The first-order valence-electron chi connectivity index (χ1n) is 4.34. The Morgan fingerprint density at radius 2 is 2.00 bits per heavy atom. The standard InChI is InChI=1S/C8H16F3NO2/c1-13-4-2-3-7(12)5-14-6-8(9,10)11/h7H,2-6,12H2,1H3. The zero-order chi connectivity index (χ0) is 11.0. The minimum atomic E-state index is -4.27. The highest BCUT2D eigenvalue weighted by molar-refractivity contribution is 4.60. The van der Waals surface area contributed by atoms with Gasteiger partial charge in [0.2, 0.25) is 0 Å². The van der Waals surface area contributed by atoms with Crippen molar-refractivity contribution in [1.29, 1.82) is 0 Å². The third-order valence-corrected chi connectivity index (χ3v) is 1.52. The van der Waals surface area contributed by atoms with Gasteiger partial charge in [0.05, 0.1) is 6.61 Å². The molecule has 14 heavy (non-hydrogen) atoms. The average Bonchev–Trinajstić information content (AvgIpc) is 2.02. The monoisotopic (exact) mass is 215 g/mol. The summed E-state index contributed by atoms with van der Waals surface area (Å²) in [6.07, 6.45) is -2.94. The Morgan fingerprint density at radius 1 is 1.36 bits per heavy atom. The Hall–Kier alpha value is -0.330. The highest BCUT2D eigenvalue weighted by Crippen LogP contribution is 2.14. The van der Waals surface area contributed by atoms with Crippen molar-refractivity contribution in [2.24, 2.45) is 5.73 Å². The summed E-state index contributed by atoms with van der Waals surface area (Å²) in [5, 5.41) is 0. The van der Waals surface area contributed by atoms with Gasteiger partial charge in [0, 0.05) is 19.8 Å². The van der Waals surface area contributed by atoms with E-state index in [1.54, 1.807) is 7.11 Å². The van der Waals surface area contributed by atoms with Crippen molar-refractivity contribution < 1.29 is 22.6 Å². The average molecular weight is 215 g/mol. The van der Waals surface area contributed by atoms with Gasteiger partial charge < -0.3 is 15.2 Å². The lowest BCUT2D eigenvalue weighted by Crippen LogP contribution is -2.29. The Kier molecular flexibility index (Phi) is 6.86. The summed E-state index contributed by atoms with van der Waals surface area (Å²) in [5.41, 5.74) is 5.50. The van der Waals surface area contributed by atoms with E-state index in [9.17, 15) is 13.2 Å². The van der Waals surface area contributed by atoms with Gasteiger partial charge in [0.25, 0.3) is 0 Å². The van der Waals surface area contributed by atoms with Crippen LogP contribution in [0, 0.1) is 0 Å². The van der Waals surface area contributed by atoms with Crippen molar-refractivity contribution in [3.63, 3.8) is 0 Å². The van der Waals surface area contributed by atoms with Crippen LogP contribution in [0.2, 0.25) is 0 Å². The lowest BCUT2D eigenvalue weighted by molar-refractivity contribution is -0.174. The third-order valence-electron chi connectivity index (χ3n) is 1.52. The molecule has 0 heterocycles. The van der Waals surface area contributed by atoms with Crippen LogP contribution < -0.4 is 5.73 Å². The molecular formula is C8H16F3NO2. The number of rotatable bonds is 7. The first kappa shape index (κ1) is 13.7. The molecule has 0 aromatic heterocycles. The van der Waals surface area contributed by atoms with E-state index in [0.29, 0.717) is 13.0 Å². The molecule has 0 amide bonds. The summed E-state index contributed by atoms with van der Waals surface area (Å²) in [6.45, 7) is -0.735. The van der Waals surface area contributed by atoms with Gasteiger partial charge in [-0.25, -0.2) is 0 Å². The molecule has 0 rings (SSSR count). The van der Waals surface area contributed by atoms with Crippen molar-refractivity contribution >= 4 is 0 Å². The molecule has 1 unspecified atom stereocenters. The van der Waals surface area contributed by atoms with Gasteiger partial charge in [-0.05, 0) is 12.8 Å². The molecule has 0 aliphatic rings. The summed E-state index contributed by atoms with van der Waals surface area (Å²) < 4.78 is 44.1. The van der Waals surface area contributed by atoms with Crippen LogP contribution in [0.3, 0.4) is 0 Å². The van der Waals surface area contributed by atoms with Crippen LogP contribution in [0.4, 0.5) is 13.2 Å². The van der Waals surface area contributed by atoms with E-state index in [1.807, 2.05) is 0 Å². The van der Waals surface area contributed by atoms with Gasteiger partial charge in [-0.2, -0.15) is 13.2 Å². The summed E-state index contributed by atoms with van der Waals surface area (Å²) in [4.78, 5) is 0. The first-order chi connectivity index (χ1) is 6.45. The second-order valence-corrected chi connectivity index (χ2v) is 3.03. The van der Waals surface area contributed by atoms with Crippen LogP contribution in [0.15, 0.2) is 0 Å². The Morgan fingerprint density at radius 3 is 2.50 bits per heavy atom. The van der Waals surface area contributed by atoms with Crippen LogP contribution in [0.5, 0.6) is 0 Å². The normalized spacial score (nSPS) is 14.4. The molecule has 3 nitrogen and oxygen atoms in total. The van der Waals surface area contributed by atoms with Gasteiger partial charge >= 0.3 is 6.18 Å². The fourth-order valence-electron chi connectivity index (χ4n) is 0.899. The number of halogens is 3. The van der Waals surface area contributed by atoms with Crippen molar-refractivity contribution in [1.82, 2.24) is 0 Å². The van der Waals surface area contributed by atoms with Gasteiger partial charge in [-0.15, -0.1) is 0 Å². The molecule has 0 saturated carbocycles. The third kappa shape index (κ3) is 9.76. The highest BCUT2D eigenvalue weighted by Gasteiger charge is 2.27. The minimum absolute atomic E-state index is 0.0662. The quantitative estimate of drug-likeness (QED) is 0.651.